The first-order valence-corrected chi connectivity index (χ1v) is 8.47. The van der Waals surface area contributed by atoms with E-state index in [1.54, 1.807) is 19.2 Å². The Hall–Kier alpha value is -2.24. The Balaban J connectivity index is 1.76. The summed E-state index contributed by atoms with van der Waals surface area (Å²) in [6, 6.07) is 10.4. The largest absolute Gasteiger partial charge is 0.496 e. The van der Waals surface area contributed by atoms with Gasteiger partial charge in [-0.1, -0.05) is 29.8 Å². The molecule has 1 aliphatic rings. The maximum atomic E-state index is 12.5. The number of carbonyl (C=O) groups excluding carboxylic acids is 1. The molecule has 3 rings (SSSR count). The highest BCUT2D eigenvalue weighted by Gasteiger charge is 2.22. The normalized spacial score (nSPS) is 13.7. The van der Waals surface area contributed by atoms with E-state index in [1.807, 2.05) is 24.3 Å². The summed E-state index contributed by atoms with van der Waals surface area (Å²) in [5.74, 6) is 1.15. The standard InChI is InChI=1S/C19H20ClNO4/c1-24-17-5-3-2-4-15(17)16(11-22)21-18(23)10-13-9-14(20)8-12-6-7-25-19(12)13/h2-5,8-9,16,22H,6-7,10-11H2,1H3,(H,21,23). The van der Waals surface area contributed by atoms with Gasteiger partial charge >= 0.3 is 0 Å². The first-order chi connectivity index (χ1) is 12.1. The molecule has 0 spiro atoms. The summed E-state index contributed by atoms with van der Waals surface area (Å²) in [4.78, 5) is 12.5. The van der Waals surface area contributed by atoms with Gasteiger partial charge < -0.3 is 19.9 Å². The first-order valence-electron chi connectivity index (χ1n) is 8.09. The number of halogens is 1. The molecule has 1 amide bonds. The number of aliphatic hydroxyl groups is 1. The molecule has 0 saturated heterocycles. The van der Waals surface area contributed by atoms with E-state index in [2.05, 4.69) is 5.32 Å². The summed E-state index contributed by atoms with van der Waals surface area (Å²) >= 11 is 6.14. The molecule has 1 atom stereocenters. The monoisotopic (exact) mass is 361 g/mol. The summed E-state index contributed by atoms with van der Waals surface area (Å²) in [6.07, 6.45) is 0.930. The van der Waals surface area contributed by atoms with Gasteiger partial charge in [0.25, 0.3) is 0 Å². The lowest BCUT2D eigenvalue weighted by Gasteiger charge is -2.19. The molecule has 2 aromatic rings. The predicted molar refractivity (Wildman–Crippen MR) is 95.3 cm³/mol. The third kappa shape index (κ3) is 3.89. The maximum Gasteiger partial charge on any atom is 0.225 e. The fraction of sp³-hybridized carbons (Fsp3) is 0.316. The fourth-order valence-corrected chi connectivity index (χ4v) is 3.34. The number of rotatable bonds is 6. The number of nitrogens with one attached hydrogen (secondary N) is 1. The molecule has 2 N–H and O–H groups in total. The lowest BCUT2D eigenvalue weighted by Crippen LogP contribution is -2.32. The van der Waals surface area contributed by atoms with Crippen LogP contribution in [0.5, 0.6) is 11.5 Å². The van der Waals surface area contributed by atoms with Gasteiger partial charge in [0.1, 0.15) is 11.5 Å². The zero-order chi connectivity index (χ0) is 17.8. The molecule has 5 nitrogen and oxygen atoms in total. The molecule has 132 valence electrons. The second-order valence-corrected chi connectivity index (χ2v) is 6.31. The smallest absolute Gasteiger partial charge is 0.225 e. The number of amides is 1. The van der Waals surface area contributed by atoms with Crippen molar-refractivity contribution in [3.63, 3.8) is 0 Å². The Labute approximate surface area is 151 Å². The van der Waals surface area contributed by atoms with E-state index in [0.717, 1.165) is 28.9 Å². The molecule has 25 heavy (non-hydrogen) atoms. The van der Waals surface area contributed by atoms with Gasteiger partial charge in [0.2, 0.25) is 5.91 Å². The molecular weight excluding hydrogens is 342 g/mol. The van der Waals surface area contributed by atoms with Crippen LogP contribution in [0, 0.1) is 0 Å². The third-order valence-electron chi connectivity index (χ3n) is 4.21. The van der Waals surface area contributed by atoms with Crippen molar-refractivity contribution in [2.75, 3.05) is 20.3 Å². The Morgan fingerprint density at radius 2 is 2.20 bits per heavy atom. The van der Waals surface area contributed by atoms with Gasteiger partial charge in [-0.25, -0.2) is 0 Å². The first kappa shape index (κ1) is 17.6. The maximum absolute atomic E-state index is 12.5. The van der Waals surface area contributed by atoms with Gasteiger partial charge in [0, 0.05) is 22.6 Å². The van der Waals surface area contributed by atoms with Gasteiger partial charge in [-0.3, -0.25) is 4.79 Å². The molecule has 0 aliphatic carbocycles. The van der Waals surface area contributed by atoms with Crippen molar-refractivity contribution in [2.45, 2.75) is 18.9 Å². The average molecular weight is 362 g/mol. The number of ether oxygens (including phenoxy) is 2. The molecular formula is C19H20ClNO4. The Morgan fingerprint density at radius 3 is 2.96 bits per heavy atom. The molecule has 2 aromatic carbocycles. The molecule has 1 unspecified atom stereocenters. The van der Waals surface area contributed by atoms with Crippen molar-refractivity contribution in [2.24, 2.45) is 0 Å². The molecule has 1 heterocycles. The number of para-hydroxylation sites is 1. The van der Waals surface area contributed by atoms with E-state index in [-0.39, 0.29) is 18.9 Å². The fourth-order valence-electron chi connectivity index (χ4n) is 3.07. The number of hydrogen-bond donors (Lipinski definition) is 2. The molecule has 0 radical (unpaired) electrons. The van der Waals surface area contributed by atoms with Crippen molar-refractivity contribution in [3.8, 4) is 11.5 Å². The van der Waals surface area contributed by atoms with E-state index in [4.69, 9.17) is 21.1 Å². The second-order valence-electron chi connectivity index (χ2n) is 5.87. The summed E-state index contributed by atoms with van der Waals surface area (Å²) in [5, 5.41) is 13.1. The highest BCUT2D eigenvalue weighted by Crippen LogP contribution is 2.33. The van der Waals surface area contributed by atoms with Crippen molar-refractivity contribution in [1.82, 2.24) is 5.32 Å². The number of benzene rings is 2. The van der Waals surface area contributed by atoms with Crippen LogP contribution < -0.4 is 14.8 Å². The Morgan fingerprint density at radius 1 is 1.40 bits per heavy atom. The summed E-state index contributed by atoms with van der Waals surface area (Å²) in [6.45, 7) is 0.376. The van der Waals surface area contributed by atoms with Crippen molar-refractivity contribution >= 4 is 17.5 Å². The molecule has 0 aromatic heterocycles. The van der Waals surface area contributed by atoms with Crippen LogP contribution in [0.1, 0.15) is 22.7 Å². The Bertz CT molecular complexity index is 778. The van der Waals surface area contributed by atoms with E-state index >= 15 is 0 Å². The van der Waals surface area contributed by atoms with Crippen LogP contribution in [0.3, 0.4) is 0 Å². The van der Waals surface area contributed by atoms with E-state index in [1.165, 1.54) is 0 Å². The van der Waals surface area contributed by atoms with Gasteiger partial charge in [-0.05, 0) is 23.8 Å². The minimum atomic E-state index is -0.545. The number of aliphatic hydroxyl groups excluding tert-OH is 1. The minimum Gasteiger partial charge on any atom is -0.496 e. The van der Waals surface area contributed by atoms with Crippen LogP contribution in [0.25, 0.3) is 0 Å². The number of carbonyl (C=O) groups is 1. The van der Waals surface area contributed by atoms with E-state index in [0.29, 0.717) is 17.4 Å². The SMILES string of the molecule is COc1ccccc1C(CO)NC(=O)Cc1cc(Cl)cc2c1OCC2. The van der Waals surface area contributed by atoms with Crippen LogP contribution in [0.15, 0.2) is 36.4 Å². The van der Waals surface area contributed by atoms with Crippen LogP contribution >= 0.6 is 11.6 Å². The number of methoxy groups -OCH3 is 1. The number of hydrogen-bond acceptors (Lipinski definition) is 4. The highest BCUT2D eigenvalue weighted by atomic mass is 35.5. The lowest BCUT2D eigenvalue weighted by atomic mass is 10.0. The lowest BCUT2D eigenvalue weighted by molar-refractivity contribution is -0.121. The third-order valence-corrected chi connectivity index (χ3v) is 4.43. The highest BCUT2D eigenvalue weighted by molar-refractivity contribution is 6.30. The van der Waals surface area contributed by atoms with Crippen LogP contribution in [0.4, 0.5) is 0 Å². The topological polar surface area (TPSA) is 67.8 Å². The molecule has 6 heteroatoms. The second kappa shape index (κ2) is 7.76. The van der Waals surface area contributed by atoms with Crippen LogP contribution in [0.2, 0.25) is 5.02 Å². The zero-order valence-electron chi connectivity index (χ0n) is 13.9. The molecule has 0 saturated carbocycles. The summed E-state index contributed by atoms with van der Waals surface area (Å²) in [5.41, 5.74) is 2.52. The van der Waals surface area contributed by atoms with Crippen LogP contribution in [-0.4, -0.2) is 31.3 Å². The molecule has 0 bridgehead atoms. The van der Waals surface area contributed by atoms with E-state index < -0.39 is 6.04 Å². The van der Waals surface area contributed by atoms with Crippen LogP contribution in [-0.2, 0) is 17.6 Å². The van der Waals surface area contributed by atoms with Gasteiger partial charge in [-0.15, -0.1) is 0 Å². The zero-order valence-corrected chi connectivity index (χ0v) is 14.7. The van der Waals surface area contributed by atoms with Gasteiger partial charge in [0.05, 0.1) is 32.8 Å². The quantitative estimate of drug-likeness (QED) is 0.830. The summed E-state index contributed by atoms with van der Waals surface area (Å²) in [7, 11) is 1.56. The number of fused-ring (bicyclic) bond motifs is 1. The molecule has 0 fully saturated rings. The minimum absolute atomic E-state index is 0.133. The van der Waals surface area contributed by atoms with Gasteiger partial charge in [-0.2, -0.15) is 0 Å². The van der Waals surface area contributed by atoms with Crippen molar-refractivity contribution < 1.29 is 19.4 Å². The average Bonchev–Trinajstić information content (AvgIpc) is 3.08. The van der Waals surface area contributed by atoms with Crippen molar-refractivity contribution in [1.29, 1.82) is 0 Å². The Kier molecular flexibility index (Phi) is 5.46. The molecule has 1 aliphatic heterocycles. The summed E-state index contributed by atoms with van der Waals surface area (Å²) < 4.78 is 10.9. The van der Waals surface area contributed by atoms with Crippen molar-refractivity contribution in [3.05, 3.63) is 58.1 Å². The predicted octanol–water partition coefficient (Wildman–Crippen LogP) is 2.68. The van der Waals surface area contributed by atoms with E-state index in [9.17, 15) is 9.90 Å². The van der Waals surface area contributed by atoms with Gasteiger partial charge in [0.15, 0.2) is 0 Å².